The van der Waals surface area contributed by atoms with Crippen LogP contribution in [0.4, 0.5) is 0 Å². The van der Waals surface area contributed by atoms with Crippen LogP contribution < -0.4 is 0 Å². The molecular formula is C12H17NOS. The third-order valence-corrected chi connectivity index (χ3v) is 2.75. The fourth-order valence-corrected chi connectivity index (χ4v) is 2.19. The molecule has 0 atom stereocenters. The number of amides is 1. The Morgan fingerprint density at radius 2 is 2.33 bits per heavy atom. The zero-order chi connectivity index (χ0) is 11.3. The predicted molar refractivity (Wildman–Crippen MR) is 66.5 cm³/mol. The van der Waals surface area contributed by atoms with Crippen molar-refractivity contribution >= 4 is 17.7 Å². The monoisotopic (exact) mass is 223 g/mol. The van der Waals surface area contributed by atoms with Gasteiger partial charge in [0.25, 0.3) is 0 Å². The Morgan fingerprint density at radius 1 is 1.60 bits per heavy atom. The number of nitrogens with zero attached hydrogens (tertiary/aromatic N) is 1. The Bertz CT molecular complexity index is 318. The van der Waals surface area contributed by atoms with Crippen molar-refractivity contribution < 1.29 is 4.79 Å². The highest BCUT2D eigenvalue weighted by molar-refractivity contribution is 7.98. The third kappa shape index (κ3) is 2.75. The lowest BCUT2D eigenvalue weighted by Crippen LogP contribution is -2.22. The first-order valence-corrected chi connectivity index (χ1v) is 6.45. The van der Waals surface area contributed by atoms with Gasteiger partial charge in [-0.3, -0.25) is 4.79 Å². The van der Waals surface area contributed by atoms with Crippen LogP contribution in [0, 0.1) is 0 Å². The average molecular weight is 223 g/mol. The van der Waals surface area contributed by atoms with Gasteiger partial charge in [-0.05, 0) is 18.2 Å². The van der Waals surface area contributed by atoms with Gasteiger partial charge >= 0.3 is 0 Å². The Labute approximate surface area is 95.7 Å². The summed E-state index contributed by atoms with van der Waals surface area (Å²) in [6.45, 7) is 5.76. The maximum atomic E-state index is 11.7. The molecule has 1 aliphatic heterocycles. The lowest BCUT2D eigenvalue weighted by atomic mass is 10.1. The molecule has 1 heterocycles. The van der Waals surface area contributed by atoms with Gasteiger partial charge in [-0.25, -0.2) is 0 Å². The molecule has 0 radical (unpaired) electrons. The molecule has 0 bridgehead atoms. The standard InChI is InChI=1S/C12H17NOS/c1-4-6-10-8-12(14)13(9-15-3)11(10)7-5-2/h4,6-7H,1,5,8-9H2,2-3H3/b10-6-,11-7+. The second kappa shape index (κ2) is 5.81. The molecule has 0 saturated carbocycles. The summed E-state index contributed by atoms with van der Waals surface area (Å²) in [4.78, 5) is 13.6. The molecule has 1 amide bonds. The van der Waals surface area contributed by atoms with E-state index in [4.69, 9.17) is 0 Å². The summed E-state index contributed by atoms with van der Waals surface area (Å²) >= 11 is 1.66. The first-order valence-electron chi connectivity index (χ1n) is 5.06. The first-order chi connectivity index (χ1) is 7.24. The van der Waals surface area contributed by atoms with Crippen LogP contribution in [0.3, 0.4) is 0 Å². The Kier molecular flexibility index (Phi) is 4.69. The summed E-state index contributed by atoms with van der Waals surface area (Å²) in [5, 5.41) is 0. The van der Waals surface area contributed by atoms with Crippen molar-refractivity contribution in [2.24, 2.45) is 0 Å². The molecule has 1 aliphatic rings. The van der Waals surface area contributed by atoms with E-state index in [0.717, 1.165) is 23.6 Å². The van der Waals surface area contributed by atoms with Gasteiger partial charge in [0.2, 0.25) is 5.91 Å². The van der Waals surface area contributed by atoms with Crippen molar-refractivity contribution in [1.82, 2.24) is 4.90 Å². The Balaban J connectivity index is 2.98. The van der Waals surface area contributed by atoms with E-state index in [1.165, 1.54) is 0 Å². The molecule has 0 aromatic heterocycles. The highest BCUT2D eigenvalue weighted by Gasteiger charge is 2.28. The van der Waals surface area contributed by atoms with Crippen molar-refractivity contribution in [2.45, 2.75) is 19.8 Å². The minimum absolute atomic E-state index is 0.192. The van der Waals surface area contributed by atoms with Gasteiger partial charge in [0.15, 0.2) is 0 Å². The van der Waals surface area contributed by atoms with Crippen molar-refractivity contribution in [3.8, 4) is 0 Å². The molecule has 82 valence electrons. The Hall–Kier alpha value is -0.960. The number of likely N-dealkylation sites (tertiary alicyclic amines) is 1. The van der Waals surface area contributed by atoms with Gasteiger partial charge in [0.05, 0.1) is 12.3 Å². The van der Waals surface area contributed by atoms with Crippen LogP contribution in [0.15, 0.2) is 36.1 Å². The zero-order valence-corrected chi connectivity index (χ0v) is 10.1. The molecule has 0 N–H and O–H groups in total. The van der Waals surface area contributed by atoms with Crippen LogP contribution in [-0.2, 0) is 4.79 Å². The number of carbonyl (C=O) groups is 1. The second-order valence-corrected chi connectivity index (χ2v) is 4.18. The SMILES string of the molecule is C=C/C=C1/CC(=O)N(CSC)/C1=C/CC. The minimum Gasteiger partial charge on any atom is -0.302 e. The summed E-state index contributed by atoms with van der Waals surface area (Å²) in [5.41, 5.74) is 2.16. The topological polar surface area (TPSA) is 20.3 Å². The number of thioether (sulfide) groups is 1. The number of carbonyl (C=O) groups excluding carboxylic acids is 1. The summed E-state index contributed by atoms with van der Waals surface area (Å²) in [6, 6.07) is 0. The Morgan fingerprint density at radius 3 is 2.87 bits per heavy atom. The number of allylic oxidation sites excluding steroid dienone is 4. The molecule has 1 rings (SSSR count). The molecule has 0 aromatic carbocycles. The normalized spacial score (nSPS) is 21.7. The van der Waals surface area contributed by atoms with Crippen LogP contribution in [-0.4, -0.2) is 22.9 Å². The van der Waals surface area contributed by atoms with E-state index < -0.39 is 0 Å². The molecular weight excluding hydrogens is 206 g/mol. The summed E-state index contributed by atoms with van der Waals surface area (Å²) in [7, 11) is 0. The van der Waals surface area contributed by atoms with Crippen LogP contribution >= 0.6 is 11.8 Å². The summed E-state index contributed by atoms with van der Waals surface area (Å²) in [6.07, 6.45) is 9.25. The maximum absolute atomic E-state index is 11.7. The fourth-order valence-electron chi connectivity index (χ4n) is 1.65. The van der Waals surface area contributed by atoms with Gasteiger partial charge in [-0.2, -0.15) is 0 Å². The van der Waals surface area contributed by atoms with Crippen LogP contribution in [0.5, 0.6) is 0 Å². The predicted octanol–water partition coefficient (Wildman–Crippen LogP) is 2.95. The molecule has 0 aliphatic carbocycles. The van der Waals surface area contributed by atoms with E-state index in [-0.39, 0.29) is 5.91 Å². The largest absolute Gasteiger partial charge is 0.302 e. The van der Waals surface area contributed by atoms with Crippen molar-refractivity contribution in [1.29, 1.82) is 0 Å². The average Bonchev–Trinajstić information content (AvgIpc) is 2.48. The van der Waals surface area contributed by atoms with Crippen molar-refractivity contribution in [3.63, 3.8) is 0 Å². The first kappa shape index (κ1) is 12.1. The lowest BCUT2D eigenvalue weighted by Gasteiger charge is -2.16. The molecule has 15 heavy (non-hydrogen) atoms. The molecule has 0 aromatic rings. The van der Waals surface area contributed by atoms with Crippen molar-refractivity contribution in [2.75, 3.05) is 12.1 Å². The van der Waals surface area contributed by atoms with Crippen LogP contribution in [0.2, 0.25) is 0 Å². The zero-order valence-electron chi connectivity index (χ0n) is 9.32. The van der Waals surface area contributed by atoms with Crippen LogP contribution in [0.25, 0.3) is 0 Å². The van der Waals surface area contributed by atoms with Gasteiger partial charge in [-0.15, -0.1) is 11.8 Å². The van der Waals surface area contributed by atoms with Gasteiger partial charge in [0, 0.05) is 5.70 Å². The van der Waals surface area contributed by atoms with Crippen LogP contribution in [0.1, 0.15) is 19.8 Å². The highest BCUT2D eigenvalue weighted by atomic mass is 32.2. The van der Waals surface area contributed by atoms with E-state index in [9.17, 15) is 4.79 Å². The lowest BCUT2D eigenvalue weighted by molar-refractivity contribution is -0.125. The van der Waals surface area contributed by atoms with Gasteiger partial charge in [0.1, 0.15) is 0 Å². The van der Waals surface area contributed by atoms with E-state index >= 15 is 0 Å². The summed E-state index contributed by atoms with van der Waals surface area (Å²) < 4.78 is 0. The van der Waals surface area contributed by atoms with E-state index in [2.05, 4.69) is 19.6 Å². The molecule has 1 saturated heterocycles. The smallest absolute Gasteiger partial charge is 0.232 e. The highest BCUT2D eigenvalue weighted by Crippen LogP contribution is 2.30. The molecule has 0 spiro atoms. The molecule has 1 fully saturated rings. The number of hydrogen-bond acceptors (Lipinski definition) is 2. The molecule has 2 nitrogen and oxygen atoms in total. The molecule has 3 heteroatoms. The maximum Gasteiger partial charge on any atom is 0.232 e. The van der Waals surface area contributed by atoms with Gasteiger partial charge < -0.3 is 4.90 Å². The van der Waals surface area contributed by atoms with E-state index in [1.807, 2.05) is 17.2 Å². The third-order valence-electron chi connectivity index (χ3n) is 2.24. The number of hydrogen-bond donors (Lipinski definition) is 0. The second-order valence-electron chi connectivity index (χ2n) is 3.34. The number of rotatable bonds is 4. The fraction of sp³-hybridized carbons (Fsp3) is 0.417. The van der Waals surface area contributed by atoms with Crippen molar-refractivity contribution in [3.05, 3.63) is 36.1 Å². The summed E-state index contributed by atoms with van der Waals surface area (Å²) in [5.74, 6) is 0.927. The molecule has 0 unspecified atom stereocenters. The van der Waals surface area contributed by atoms with E-state index in [0.29, 0.717) is 6.42 Å². The quantitative estimate of drug-likeness (QED) is 0.730. The van der Waals surface area contributed by atoms with Gasteiger partial charge in [-0.1, -0.05) is 31.7 Å². The van der Waals surface area contributed by atoms with E-state index in [1.54, 1.807) is 17.8 Å². The minimum atomic E-state index is 0.192.